The van der Waals surface area contributed by atoms with E-state index in [1.165, 1.54) is 12.0 Å². The number of anilines is 3. The van der Waals surface area contributed by atoms with Gasteiger partial charge >= 0.3 is 6.09 Å². The summed E-state index contributed by atoms with van der Waals surface area (Å²) < 4.78 is 5.24. The van der Waals surface area contributed by atoms with Crippen LogP contribution in [0.15, 0.2) is 59.8 Å². The van der Waals surface area contributed by atoms with Crippen molar-refractivity contribution in [3.8, 4) is 0 Å². The molecule has 8 nitrogen and oxygen atoms in total. The monoisotopic (exact) mass is 396 g/mol. The summed E-state index contributed by atoms with van der Waals surface area (Å²) in [5, 5.41) is 6.45. The quantitative estimate of drug-likeness (QED) is 0.599. The third kappa shape index (κ3) is 4.72. The van der Waals surface area contributed by atoms with Gasteiger partial charge in [-0.3, -0.25) is 14.5 Å². The molecule has 0 atom stereocenters. The zero-order chi connectivity index (χ0) is 20.6. The van der Waals surface area contributed by atoms with E-state index >= 15 is 0 Å². The molecule has 152 valence electrons. The molecule has 1 aliphatic heterocycles. The minimum atomic E-state index is -0.696. The first-order valence-corrected chi connectivity index (χ1v) is 9.39. The van der Waals surface area contributed by atoms with Gasteiger partial charge in [-0.15, -0.1) is 0 Å². The fraction of sp³-hybridized carbons (Fsp3) is 0.286. The predicted octanol–water partition coefficient (Wildman–Crippen LogP) is 3.27. The van der Waals surface area contributed by atoms with Crippen molar-refractivity contribution in [2.75, 3.05) is 36.7 Å². The summed E-state index contributed by atoms with van der Waals surface area (Å²) in [7, 11) is 1.52. The number of para-hydroxylation sites is 3. The van der Waals surface area contributed by atoms with Crippen molar-refractivity contribution in [2.24, 2.45) is 5.16 Å². The van der Waals surface area contributed by atoms with Crippen molar-refractivity contribution < 1.29 is 19.2 Å². The van der Waals surface area contributed by atoms with Crippen LogP contribution in [-0.2, 0) is 14.4 Å². The van der Waals surface area contributed by atoms with Crippen LogP contribution in [0.25, 0.3) is 0 Å². The minimum Gasteiger partial charge on any atom is -0.364 e. The summed E-state index contributed by atoms with van der Waals surface area (Å²) >= 11 is 0. The maximum absolute atomic E-state index is 13.2. The number of hydrogen-bond donors (Lipinski definition) is 1. The predicted molar refractivity (Wildman–Crippen MR) is 111 cm³/mol. The molecule has 29 heavy (non-hydrogen) atoms. The Kier molecular flexibility index (Phi) is 6.80. The Morgan fingerprint density at radius 1 is 1.10 bits per heavy atom. The molecular formula is C21H24N4O4. The lowest BCUT2D eigenvalue weighted by atomic mass is 10.2. The van der Waals surface area contributed by atoms with Gasteiger partial charge in [-0.25, -0.2) is 4.79 Å². The molecule has 0 fully saturated rings. The lowest BCUT2D eigenvalue weighted by Crippen LogP contribution is -2.39. The van der Waals surface area contributed by atoms with Crippen LogP contribution < -0.4 is 15.1 Å². The summed E-state index contributed by atoms with van der Waals surface area (Å²) in [5.74, 6) is -0.388. The van der Waals surface area contributed by atoms with Crippen molar-refractivity contribution in [3.05, 3.63) is 54.6 Å². The van der Waals surface area contributed by atoms with Crippen LogP contribution in [0.5, 0.6) is 0 Å². The Morgan fingerprint density at radius 3 is 2.48 bits per heavy atom. The average molecular weight is 396 g/mol. The van der Waals surface area contributed by atoms with E-state index in [0.29, 0.717) is 12.2 Å². The molecule has 1 N–H and O–H groups in total. The Morgan fingerprint density at radius 2 is 1.79 bits per heavy atom. The number of fused-ring (bicyclic) bond motifs is 1. The number of rotatable bonds is 6. The van der Waals surface area contributed by atoms with Gasteiger partial charge in [-0.1, -0.05) is 42.4 Å². The maximum atomic E-state index is 13.2. The van der Waals surface area contributed by atoms with Crippen molar-refractivity contribution in [3.63, 3.8) is 0 Å². The molecule has 2 aromatic carbocycles. The van der Waals surface area contributed by atoms with Crippen LogP contribution in [0.3, 0.4) is 0 Å². The number of hydrogen-bond acceptors (Lipinski definition) is 6. The number of nitrogens with zero attached hydrogens (tertiary/aromatic N) is 3. The molecule has 8 heteroatoms. The number of carbonyl (C=O) groups is 2. The van der Waals surface area contributed by atoms with Gasteiger partial charge in [0.25, 0.3) is 5.91 Å². The summed E-state index contributed by atoms with van der Waals surface area (Å²) in [6.07, 6.45) is 0.0713. The molecule has 0 aliphatic carbocycles. The summed E-state index contributed by atoms with van der Waals surface area (Å²) in [6, 6.07) is 17.2. The van der Waals surface area contributed by atoms with Crippen LogP contribution in [-0.4, -0.2) is 44.6 Å². The molecule has 0 saturated carbocycles. The molecule has 0 unspecified atom stereocenters. The smallest absolute Gasteiger partial charge is 0.364 e. The first-order valence-electron chi connectivity index (χ1n) is 9.39. The van der Waals surface area contributed by atoms with E-state index in [1.807, 2.05) is 66.4 Å². The van der Waals surface area contributed by atoms with Crippen LogP contribution >= 0.6 is 0 Å². The lowest BCUT2D eigenvalue weighted by molar-refractivity contribution is -0.113. The Hall–Kier alpha value is -3.39. The number of nitrogens with one attached hydrogen (secondary N) is 1. The van der Waals surface area contributed by atoms with Crippen LogP contribution in [0, 0.1) is 0 Å². The minimum absolute atomic E-state index is 0.0412. The van der Waals surface area contributed by atoms with Gasteiger partial charge in [0.2, 0.25) is 0 Å². The Balaban J connectivity index is 2.01. The molecule has 3 rings (SSSR count). The molecule has 0 bridgehead atoms. The number of oxime groups is 1. The third-order valence-corrected chi connectivity index (χ3v) is 4.35. The first-order chi connectivity index (χ1) is 14.2. The standard InChI is InChI=1S/C21H24N4O4/c1-3-13-22-21(27)29-23-17-14-24(16-9-5-4-6-10-16)18-11-7-8-12-19(18)25(15-28-2)20(17)26/h4-12H,3,13-15H2,1-2H3,(H,22,27). The summed E-state index contributed by atoms with van der Waals surface area (Å²) in [4.78, 5) is 33.4. The topological polar surface area (TPSA) is 83.5 Å². The van der Waals surface area contributed by atoms with Crippen molar-refractivity contribution in [1.29, 1.82) is 0 Å². The first kappa shape index (κ1) is 20.3. The van der Waals surface area contributed by atoms with E-state index in [-0.39, 0.29) is 24.9 Å². The van der Waals surface area contributed by atoms with Crippen LogP contribution in [0.2, 0.25) is 0 Å². The number of ether oxygens (including phenoxy) is 1. The van der Waals surface area contributed by atoms with E-state index in [4.69, 9.17) is 9.57 Å². The molecule has 0 saturated heterocycles. The molecule has 1 heterocycles. The molecular weight excluding hydrogens is 372 g/mol. The second-order valence-electron chi connectivity index (χ2n) is 6.40. The Bertz CT molecular complexity index is 885. The number of methoxy groups -OCH3 is 1. The largest absolute Gasteiger partial charge is 0.433 e. The molecule has 1 aliphatic rings. The number of amides is 2. The number of carbonyl (C=O) groups excluding carboxylic acids is 2. The highest BCUT2D eigenvalue weighted by atomic mass is 16.7. The van der Waals surface area contributed by atoms with E-state index in [1.54, 1.807) is 0 Å². The molecule has 0 radical (unpaired) electrons. The fourth-order valence-corrected chi connectivity index (χ4v) is 3.01. The van der Waals surface area contributed by atoms with Gasteiger partial charge in [0.15, 0.2) is 5.71 Å². The van der Waals surface area contributed by atoms with Crippen LogP contribution in [0.4, 0.5) is 21.9 Å². The summed E-state index contributed by atoms with van der Waals surface area (Å²) in [6.45, 7) is 2.58. The van der Waals surface area contributed by atoms with E-state index < -0.39 is 6.09 Å². The van der Waals surface area contributed by atoms with E-state index in [9.17, 15) is 9.59 Å². The molecule has 2 amide bonds. The highest BCUT2D eigenvalue weighted by molar-refractivity contribution is 6.46. The van der Waals surface area contributed by atoms with Gasteiger partial charge in [0.1, 0.15) is 6.73 Å². The van der Waals surface area contributed by atoms with Gasteiger partial charge in [0.05, 0.1) is 17.9 Å². The second kappa shape index (κ2) is 9.70. The number of benzene rings is 2. The normalized spacial score (nSPS) is 15.1. The van der Waals surface area contributed by atoms with Crippen molar-refractivity contribution >= 4 is 34.8 Å². The SMILES string of the molecule is CCCNC(=O)ON=C1CN(c2ccccc2)c2ccccc2N(COC)C1=O. The second-order valence-corrected chi connectivity index (χ2v) is 6.40. The summed E-state index contributed by atoms with van der Waals surface area (Å²) in [5.41, 5.74) is 2.48. The van der Waals surface area contributed by atoms with Crippen molar-refractivity contribution in [1.82, 2.24) is 5.32 Å². The Labute approximate surface area is 169 Å². The van der Waals surface area contributed by atoms with E-state index in [2.05, 4.69) is 10.5 Å². The highest BCUT2D eigenvalue weighted by Gasteiger charge is 2.32. The zero-order valence-electron chi connectivity index (χ0n) is 16.5. The third-order valence-electron chi connectivity index (χ3n) is 4.35. The van der Waals surface area contributed by atoms with Gasteiger partial charge in [0, 0.05) is 19.3 Å². The maximum Gasteiger partial charge on any atom is 0.433 e. The molecule has 2 aromatic rings. The average Bonchev–Trinajstić information content (AvgIpc) is 2.87. The van der Waals surface area contributed by atoms with Gasteiger partial charge in [-0.2, -0.15) is 0 Å². The van der Waals surface area contributed by atoms with E-state index in [0.717, 1.165) is 17.8 Å². The molecule has 0 spiro atoms. The fourth-order valence-electron chi connectivity index (χ4n) is 3.01. The van der Waals surface area contributed by atoms with Crippen molar-refractivity contribution in [2.45, 2.75) is 13.3 Å². The van der Waals surface area contributed by atoms with Gasteiger partial charge < -0.3 is 15.0 Å². The van der Waals surface area contributed by atoms with Crippen LogP contribution in [0.1, 0.15) is 13.3 Å². The highest BCUT2D eigenvalue weighted by Crippen LogP contribution is 2.36. The molecule has 0 aromatic heterocycles. The van der Waals surface area contributed by atoms with Gasteiger partial charge in [-0.05, 0) is 30.7 Å². The zero-order valence-corrected chi connectivity index (χ0v) is 16.5. The lowest BCUT2D eigenvalue weighted by Gasteiger charge is -2.25.